The zero-order valence-electron chi connectivity index (χ0n) is 28.7. The molecule has 0 bridgehead atoms. The van der Waals surface area contributed by atoms with Crippen molar-refractivity contribution in [3.63, 3.8) is 0 Å². The van der Waals surface area contributed by atoms with Crippen LogP contribution in [-0.2, 0) is 0 Å². The summed E-state index contributed by atoms with van der Waals surface area (Å²) in [5, 5.41) is 8.77. The molecule has 2 heteroatoms. The van der Waals surface area contributed by atoms with Crippen LogP contribution in [0.4, 0.5) is 22.7 Å². The van der Waals surface area contributed by atoms with E-state index in [0.717, 1.165) is 17.8 Å². The van der Waals surface area contributed by atoms with Crippen LogP contribution in [-0.4, -0.2) is 6.04 Å². The van der Waals surface area contributed by atoms with Gasteiger partial charge in [-0.1, -0.05) is 133 Å². The predicted molar refractivity (Wildman–Crippen MR) is 221 cm³/mol. The van der Waals surface area contributed by atoms with Crippen molar-refractivity contribution in [1.29, 1.82) is 0 Å². The summed E-state index contributed by atoms with van der Waals surface area (Å²) in [5.41, 5.74) is 14.7. The number of nitrogens with zero attached hydrogens (tertiary/aromatic N) is 1. The summed E-state index contributed by atoms with van der Waals surface area (Å²) >= 11 is 0. The number of anilines is 4. The fraction of sp³-hybridized carbons (Fsp3) is 0.0400. The maximum atomic E-state index is 3.81. The van der Waals surface area contributed by atoms with E-state index in [1.54, 1.807) is 0 Å². The molecular formula is C50H36N2. The Bertz CT molecular complexity index is 2690. The Kier molecular flexibility index (Phi) is 7.32. The average molecular weight is 665 g/mol. The van der Waals surface area contributed by atoms with Gasteiger partial charge in [-0.3, -0.25) is 0 Å². The number of para-hydroxylation sites is 2. The van der Waals surface area contributed by atoms with E-state index in [2.05, 4.69) is 204 Å². The minimum absolute atomic E-state index is 0.285. The summed E-state index contributed by atoms with van der Waals surface area (Å²) in [6.07, 6.45) is 5.79. The molecule has 10 rings (SSSR count). The molecule has 0 saturated carbocycles. The summed E-state index contributed by atoms with van der Waals surface area (Å²) in [7, 11) is 0. The molecule has 0 amide bonds. The van der Waals surface area contributed by atoms with Gasteiger partial charge in [0.05, 0.1) is 6.04 Å². The predicted octanol–water partition coefficient (Wildman–Crippen LogP) is 13.5. The number of nitrogens with one attached hydrogen (secondary N) is 1. The first-order chi connectivity index (χ1) is 25.7. The molecule has 1 N–H and O–H groups in total. The Morgan fingerprint density at radius 1 is 0.462 bits per heavy atom. The number of allylic oxidation sites excluding steroid dienone is 2. The van der Waals surface area contributed by atoms with E-state index in [9.17, 15) is 0 Å². The number of rotatable bonds is 6. The molecule has 1 unspecified atom stereocenters. The summed E-state index contributed by atoms with van der Waals surface area (Å²) < 4.78 is 0. The normalized spacial score (nSPS) is 14.8. The number of hydrogen-bond donors (Lipinski definition) is 1. The number of fused-ring (bicyclic) bond motifs is 5. The second kappa shape index (κ2) is 12.6. The fourth-order valence-corrected chi connectivity index (χ4v) is 8.11. The highest BCUT2D eigenvalue weighted by molar-refractivity contribution is 6.00. The molecule has 0 saturated heterocycles. The summed E-state index contributed by atoms with van der Waals surface area (Å²) in [4.78, 5) is 2.51. The van der Waals surface area contributed by atoms with Crippen LogP contribution in [0.5, 0.6) is 0 Å². The molecule has 0 spiro atoms. The highest BCUT2D eigenvalue weighted by Gasteiger charge is 2.35. The molecule has 0 radical (unpaired) electrons. The van der Waals surface area contributed by atoms with E-state index in [4.69, 9.17) is 0 Å². The van der Waals surface area contributed by atoms with Gasteiger partial charge in [0.25, 0.3) is 0 Å². The van der Waals surface area contributed by atoms with Gasteiger partial charge in [-0.15, -0.1) is 0 Å². The Balaban J connectivity index is 0.996. The quantitative estimate of drug-likeness (QED) is 0.190. The standard InChI is InChI=1S/C50H36N2/c1-3-12-36(13-4-1)46-32-40(41-25-28-50-47(33-41)45-17-9-10-18-49(45)52(50)44-15-5-2-6-16-44)24-27-48(46)51-43-26-23-35-20-22-39(30-42(35)31-43)38-21-19-34-11-7-8-14-37(34)29-38/h1-27,29-33,50-51H,28H2. The lowest BCUT2D eigenvalue weighted by Crippen LogP contribution is -2.27. The van der Waals surface area contributed by atoms with Crippen molar-refractivity contribution in [2.75, 3.05) is 10.2 Å². The van der Waals surface area contributed by atoms with Crippen LogP contribution < -0.4 is 10.2 Å². The van der Waals surface area contributed by atoms with Crippen molar-refractivity contribution >= 4 is 55.4 Å². The SMILES string of the molecule is C1=C(c2ccc(Nc3ccc4ccc(-c5ccc6ccccc6c5)cc4c3)c(-c3ccccc3)c2)C=C2c3ccccc3N(c3ccccc3)C2C1. The van der Waals surface area contributed by atoms with Gasteiger partial charge < -0.3 is 10.2 Å². The van der Waals surface area contributed by atoms with Crippen molar-refractivity contribution in [2.24, 2.45) is 0 Å². The first-order valence-corrected chi connectivity index (χ1v) is 18.1. The Labute approximate surface area is 304 Å². The van der Waals surface area contributed by atoms with Crippen LogP contribution in [0.25, 0.3) is 54.9 Å². The molecule has 0 aromatic heterocycles. The molecular weight excluding hydrogens is 629 g/mol. The van der Waals surface area contributed by atoms with Crippen molar-refractivity contribution in [1.82, 2.24) is 0 Å². The highest BCUT2D eigenvalue weighted by Crippen LogP contribution is 2.49. The second-order valence-electron chi connectivity index (χ2n) is 13.8. The zero-order chi connectivity index (χ0) is 34.4. The van der Waals surface area contributed by atoms with Gasteiger partial charge in [-0.2, -0.15) is 0 Å². The lowest BCUT2D eigenvalue weighted by molar-refractivity contribution is 0.831. The zero-order valence-corrected chi connectivity index (χ0v) is 28.7. The topological polar surface area (TPSA) is 15.3 Å². The van der Waals surface area contributed by atoms with Crippen LogP contribution >= 0.6 is 0 Å². The van der Waals surface area contributed by atoms with E-state index < -0.39 is 0 Å². The van der Waals surface area contributed by atoms with Gasteiger partial charge in [-0.25, -0.2) is 0 Å². The maximum Gasteiger partial charge on any atom is 0.0633 e. The van der Waals surface area contributed by atoms with Crippen molar-refractivity contribution in [2.45, 2.75) is 12.5 Å². The Hall–Kier alpha value is -6.64. The molecule has 52 heavy (non-hydrogen) atoms. The minimum atomic E-state index is 0.285. The second-order valence-corrected chi connectivity index (χ2v) is 13.8. The molecule has 1 aliphatic carbocycles. The van der Waals surface area contributed by atoms with Gasteiger partial charge in [0.15, 0.2) is 0 Å². The summed E-state index contributed by atoms with van der Waals surface area (Å²) in [5.74, 6) is 0. The number of hydrogen-bond acceptors (Lipinski definition) is 2. The van der Waals surface area contributed by atoms with Crippen molar-refractivity contribution in [3.8, 4) is 22.3 Å². The molecule has 2 aliphatic rings. The minimum Gasteiger partial charge on any atom is -0.355 e. The largest absolute Gasteiger partial charge is 0.355 e. The monoisotopic (exact) mass is 664 g/mol. The van der Waals surface area contributed by atoms with E-state index in [1.807, 2.05) is 0 Å². The van der Waals surface area contributed by atoms with Gasteiger partial charge in [0, 0.05) is 33.9 Å². The van der Waals surface area contributed by atoms with Gasteiger partial charge in [0.2, 0.25) is 0 Å². The van der Waals surface area contributed by atoms with E-state index in [0.29, 0.717) is 0 Å². The smallest absolute Gasteiger partial charge is 0.0633 e. The van der Waals surface area contributed by atoms with Crippen LogP contribution in [0.1, 0.15) is 17.5 Å². The van der Waals surface area contributed by atoms with Crippen LogP contribution in [0, 0.1) is 0 Å². The molecule has 8 aromatic carbocycles. The van der Waals surface area contributed by atoms with E-state index >= 15 is 0 Å². The molecule has 1 heterocycles. The van der Waals surface area contributed by atoms with Crippen LogP contribution in [0.2, 0.25) is 0 Å². The van der Waals surface area contributed by atoms with Gasteiger partial charge in [0.1, 0.15) is 0 Å². The van der Waals surface area contributed by atoms with Crippen LogP contribution in [0.15, 0.2) is 194 Å². The molecule has 8 aromatic rings. The van der Waals surface area contributed by atoms with Crippen molar-refractivity contribution < 1.29 is 0 Å². The van der Waals surface area contributed by atoms with Crippen LogP contribution in [0.3, 0.4) is 0 Å². The van der Waals surface area contributed by atoms with E-state index in [-0.39, 0.29) is 6.04 Å². The molecule has 1 atom stereocenters. The van der Waals surface area contributed by atoms with Gasteiger partial charge in [-0.05, 0) is 122 Å². The molecule has 1 aliphatic heterocycles. The Morgan fingerprint density at radius 2 is 1.12 bits per heavy atom. The highest BCUT2D eigenvalue weighted by atomic mass is 15.2. The third-order valence-corrected chi connectivity index (χ3v) is 10.7. The fourth-order valence-electron chi connectivity index (χ4n) is 8.11. The molecule has 2 nitrogen and oxygen atoms in total. The lowest BCUT2D eigenvalue weighted by atomic mass is 9.88. The van der Waals surface area contributed by atoms with Crippen molar-refractivity contribution in [3.05, 3.63) is 205 Å². The summed E-state index contributed by atoms with van der Waals surface area (Å²) in [6, 6.07) is 66.2. The first-order valence-electron chi connectivity index (χ1n) is 18.1. The van der Waals surface area contributed by atoms with Gasteiger partial charge >= 0.3 is 0 Å². The maximum absolute atomic E-state index is 3.81. The van der Waals surface area contributed by atoms with E-state index in [1.165, 1.54) is 77.4 Å². The average Bonchev–Trinajstić information content (AvgIpc) is 3.55. The molecule has 0 fully saturated rings. The lowest BCUT2D eigenvalue weighted by Gasteiger charge is -2.29. The summed E-state index contributed by atoms with van der Waals surface area (Å²) in [6.45, 7) is 0. The third-order valence-electron chi connectivity index (χ3n) is 10.7. The number of benzene rings is 8. The Morgan fingerprint density at radius 3 is 1.94 bits per heavy atom. The third kappa shape index (κ3) is 5.37. The first kappa shape index (κ1) is 30.2. The molecule has 246 valence electrons.